The first kappa shape index (κ1) is 8.29. The number of hydrogen-bond donors (Lipinski definition) is 2. The van der Waals surface area contributed by atoms with Gasteiger partial charge in [0.1, 0.15) is 0 Å². The Morgan fingerprint density at radius 2 is 2.62 bits per heavy atom. The first-order chi connectivity index (χ1) is 6.14. The van der Waals surface area contributed by atoms with E-state index in [0.29, 0.717) is 11.8 Å². The van der Waals surface area contributed by atoms with Crippen LogP contribution in [0.1, 0.15) is 13.3 Å². The molecule has 13 heavy (non-hydrogen) atoms. The van der Waals surface area contributed by atoms with Gasteiger partial charge >= 0.3 is 6.03 Å². The zero-order chi connectivity index (χ0) is 9.47. The summed E-state index contributed by atoms with van der Waals surface area (Å²) in [5, 5.41) is 3.80. The lowest BCUT2D eigenvalue weighted by Crippen LogP contribution is -2.25. The van der Waals surface area contributed by atoms with E-state index in [2.05, 4.69) is 29.6 Å². The van der Waals surface area contributed by atoms with Crippen LogP contribution in [0.4, 0.5) is 4.79 Å². The number of carbonyl (C=O) groups is 1. The van der Waals surface area contributed by atoms with E-state index >= 15 is 0 Å². The van der Waals surface area contributed by atoms with Crippen LogP contribution in [-0.2, 0) is 0 Å². The highest BCUT2D eigenvalue weighted by atomic mass is 16.2. The van der Waals surface area contributed by atoms with Crippen molar-refractivity contribution in [1.29, 1.82) is 0 Å². The fraction of sp³-hybridized carbons (Fsp3) is 0.556. The fourth-order valence-electron chi connectivity index (χ4n) is 2.19. The highest BCUT2D eigenvalue weighted by Crippen LogP contribution is 2.62. The van der Waals surface area contributed by atoms with Crippen LogP contribution in [0.5, 0.6) is 0 Å². The van der Waals surface area contributed by atoms with Crippen molar-refractivity contribution in [1.82, 2.24) is 5.43 Å². The molecule has 0 radical (unpaired) electrons. The number of amides is 2. The number of hydrazone groups is 1. The van der Waals surface area contributed by atoms with Crippen LogP contribution < -0.4 is 11.2 Å². The predicted molar refractivity (Wildman–Crippen MR) is 50.1 cm³/mol. The number of nitrogens with one attached hydrogen (secondary N) is 1. The number of allylic oxidation sites excluding steroid dienone is 2. The van der Waals surface area contributed by atoms with Gasteiger partial charge in [-0.3, -0.25) is 0 Å². The van der Waals surface area contributed by atoms with E-state index < -0.39 is 6.03 Å². The molecule has 4 nitrogen and oxygen atoms in total. The third-order valence-corrected chi connectivity index (χ3v) is 3.09. The number of carbonyl (C=O) groups excluding carboxylic acids is 1. The van der Waals surface area contributed by atoms with Gasteiger partial charge in [-0.25, -0.2) is 10.2 Å². The molecule has 0 aromatic heterocycles. The van der Waals surface area contributed by atoms with Gasteiger partial charge in [0, 0.05) is 11.6 Å². The molecule has 0 aliphatic heterocycles. The average Bonchev–Trinajstić information content (AvgIpc) is 2.51. The Hall–Kier alpha value is -1.32. The SMILES string of the molecule is C[C@]1(/C=N/NC(N)=O)[C@@H]2CC=C[C@@H]21. The number of fused-ring (bicyclic) bond motifs is 1. The van der Waals surface area contributed by atoms with Crippen molar-refractivity contribution in [3.63, 3.8) is 0 Å². The number of nitrogens with zero attached hydrogens (tertiary/aromatic N) is 1. The van der Waals surface area contributed by atoms with Crippen molar-refractivity contribution in [2.45, 2.75) is 13.3 Å². The van der Waals surface area contributed by atoms with E-state index in [1.165, 1.54) is 0 Å². The molecule has 0 saturated heterocycles. The van der Waals surface area contributed by atoms with Crippen LogP contribution in [0, 0.1) is 17.3 Å². The smallest absolute Gasteiger partial charge is 0.332 e. The van der Waals surface area contributed by atoms with E-state index in [4.69, 9.17) is 5.73 Å². The van der Waals surface area contributed by atoms with Crippen molar-refractivity contribution >= 4 is 12.2 Å². The summed E-state index contributed by atoms with van der Waals surface area (Å²) in [6, 6.07) is -0.610. The van der Waals surface area contributed by atoms with E-state index in [1.54, 1.807) is 6.21 Å². The maximum atomic E-state index is 10.3. The molecule has 0 aromatic rings. The second kappa shape index (κ2) is 2.58. The van der Waals surface area contributed by atoms with Crippen molar-refractivity contribution in [2.75, 3.05) is 0 Å². The molecule has 0 spiro atoms. The van der Waals surface area contributed by atoms with Crippen molar-refractivity contribution in [3.05, 3.63) is 12.2 Å². The number of nitrogens with two attached hydrogens (primary N) is 1. The van der Waals surface area contributed by atoms with Crippen molar-refractivity contribution in [2.24, 2.45) is 28.1 Å². The Morgan fingerprint density at radius 1 is 1.85 bits per heavy atom. The van der Waals surface area contributed by atoms with Crippen molar-refractivity contribution in [3.8, 4) is 0 Å². The van der Waals surface area contributed by atoms with Gasteiger partial charge in [0.15, 0.2) is 0 Å². The first-order valence-electron chi connectivity index (χ1n) is 4.41. The van der Waals surface area contributed by atoms with E-state index in [-0.39, 0.29) is 5.41 Å². The van der Waals surface area contributed by atoms with Crippen molar-refractivity contribution < 1.29 is 4.79 Å². The standard InChI is InChI=1S/C9H13N3O/c1-9(5-11-12-8(10)13)6-3-2-4-7(6)9/h2-3,5-7H,4H2,1H3,(H3,10,12,13)/b11-5+/t6-,7+,9+/m0/s1. The lowest BCUT2D eigenvalue weighted by molar-refractivity contribution is 0.249. The molecule has 2 rings (SSSR count). The molecule has 0 bridgehead atoms. The average molecular weight is 179 g/mol. The fourth-order valence-corrected chi connectivity index (χ4v) is 2.19. The second-order valence-corrected chi connectivity index (χ2v) is 3.90. The summed E-state index contributed by atoms with van der Waals surface area (Å²) in [5.74, 6) is 1.30. The third kappa shape index (κ3) is 1.22. The Morgan fingerprint density at radius 3 is 3.15 bits per heavy atom. The van der Waals surface area contributed by atoms with Crippen LogP contribution >= 0.6 is 0 Å². The predicted octanol–water partition coefficient (Wildman–Crippen LogP) is 0.853. The molecule has 3 N–H and O–H groups in total. The maximum Gasteiger partial charge on any atom is 0.332 e. The summed E-state index contributed by atoms with van der Waals surface area (Å²) in [7, 11) is 0. The summed E-state index contributed by atoms with van der Waals surface area (Å²) in [4.78, 5) is 10.3. The van der Waals surface area contributed by atoms with E-state index in [0.717, 1.165) is 6.42 Å². The molecule has 2 amide bonds. The molecular formula is C9H13N3O. The van der Waals surface area contributed by atoms with Gasteiger partial charge < -0.3 is 5.73 Å². The zero-order valence-electron chi connectivity index (χ0n) is 7.53. The first-order valence-corrected chi connectivity index (χ1v) is 4.41. The highest BCUT2D eigenvalue weighted by molar-refractivity contribution is 5.76. The molecule has 1 fully saturated rings. The molecule has 0 unspecified atom stereocenters. The lowest BCUT2D eigenvalue weighted by atomic mass is 10.0. The molecule has 1 saturated carbocycles. The summed E-state index contributed by atoms with van der Waals surface area (Å²) in [6.45, 7) is 2.15. The molecule has 2 aliphatic carbocycles. The van der Waals surface area contributed by atoms with E-state index in [9.17, 15) is 4.79 Å². The molecule has 0 heterocycles. The largest absolute Gasteiger partial charge is 0.350 e. The van der Waals surface area contributed by atoms with Gasteiger partial charge in [-0.2, -0.15) is 5.10 Å². The molecular weight excluding hydrogens is 166 g/mol. The van der Waals surface area contributed by atoms with Crippen LogP contribution in [0.25, 0.3) is 0 Å². The monoisotopic (exact) mass is 179 g/mol. The van der Waals surface area contributed by atoms with Gasteiger partial charge in [-0.15, -0.1) is 0 Å². The Kier molecular flexibility index (Phi) is 1.65. The third-order valence-electron chi connectivity index (χ3n) is 3.09. The number of urea groups is 1. The van der Waals surface area contributed by atoms with Gasteiger partial charge in [0.05, 0.1) is 0 Å². The van der Waals surface area contributed by atoms with Gasteiger partial charge in [0.25, 0.3) is 0 Å². The summed E-state index contributed by atoms with van der Waals surface area (Å²) < 4.78 is 0. The summed E-state index contributed by atoms with van der Waals surface area (Å²) in [5.41, 5.74) is 7.25. The number of hydrogen-bond acceptors (Lipinski definition) is 2. The van der Waals surface area contributed by atoms with E-state index in [1.807, 2.05) is 0 Å². The summed E-state index contributed by atoms with van der Waals surface area (Å²) >= 11 is 0. The van der Waals surface area contributed by atoms with Gasteiger partial charge in [0.2, 0.25) is 0 Å². The number of rotatable bonds is 2. The van der Waals surface area contributed by atoms with Crippen LogP contribution in [0.3, 0.4) is 0 Å². The van der Waals surface area contributed by atoms with Crippen LogP contribution in [-0.4, -0.2) is 12.2 Å². The highest BCUT2D eigenvalue weighted by Gasteiger charge is 2.59. The van der Waals surface area contributed by atoms with Gasteiger partial charge in [-0.05, 0) is 18.3 Å². The second-order valence-electron chi connectivity index (χ2n) is 3.90. The normalized spacial score (nSPS) is 40.7. The molecule has 4 heteroatoms. The molecule has 2 aliphatic rings. The summed E-state index contributed by atoms with van der Waals surface area (Å²) in [6.07, 6.45) is 7.35. The minimum atomic E-state index is -0.610. The Balaban J connectivity index is 1.93. The topological polar surface area (TPSA) is 67.5 Å². The Bertz CT molecular complexity index is 297. The van der Waals surface area contributed by atoms with Crippen LogP contribution in [0.2, 0.25) is 0 Å². The number of primary amides is 1. The minimum Gasteiger partial charge on any atom is -0.350 e. The quantitative estimate of drug-likeness (QED) is 0.368. The molecule has 70 valence electrons. The Labute approximate surface area is 76.9 Å². The molecule has 3 atom stereocenters. The maximum absolute atomic E-state index is 10.3. The van der Waals surface area contributed by atoms with Gasteiger partial charge in [-0.1, -0.05) is 19.1 Å². The lowest BCUT2D eigenvalue weighted by Gasteiger charge is -2.04. The zero-order valence-corrected chi connectivity index (χ0v) is 7.53. The minimum absolute atomic E-state index is 0.150. The van der Waals surface area contributed by atoms with Crippen LogP contribution in [0.15, 0.2) is 17.3 Å². The molecule has 0 aromatic carbocycles.